The maximum atomic E-state index is 2.37. The topological polar surface area (TPSA) is 0 Å². The highest BCUT2D eigenvalue weighted by Crippen LogP contribution is 2.46. The Morgan fingerprint density at radius 3 is 0.955 bits per heavy atom. The van der Waals surface area contributed by atoms with Crippen molar-refractivity contribution in [1.82, 2.24) is 0 Å². The van der Waals surface area contributed by atoms with Gasteiger partial charge in [-0.2, -0.15) is 0 Å². The fourth-order valence-electron chi connectivity index (χ4n) is 10.2. The van der Waals surface area contributed by atoms with Crippen LogP contribution in [-0.4, -0.2) is 0 Å². The van der Waals surface area contributed by atoms with Gasteiger partial charge in [-0.3, -0.25) is 0 Å². The van der Waals surface area contributed by atoms with Crippen molar-refractivity contribution in [3.8, 4) is 0 Å². The summed E-state index contributed by atoms with van der Waals surface area (Å²) >= 11 is 0. The minimum atomic E-state index is 0. The largest absolute Gasteiger partial charge is 0.0654 e. The van der Waals surface area contributed by atoms with Crippen LogP contribution in [0.1, 0.15) is 182 Å². The van der Waals surface area contributed by atoms with Crippen LogP contribution in [-0.2, 0) is 0 Å². The third kappa shape index (κ3) is 9.72. The quantitative estimate of drug-likeness (QED) is 0.281. The lowest BCUT2D eigenvalue weighted by Crippen LogP contribution is -2.25. The van der Waals surface area contributed by atoms with E-state index in [0.717, 1.165) is 47.3 Å². The van der Waals surface area contributed by atoms with Crippen LogP contribution in [0.25, 0.3) is 0 Å². The highest BCUT2D eigenvalue weighted by molar-refractivity contribution is 5.25. The van der Waals surface area contributed by atoms with Gasteiger partial charge in [0, 0.05) is 5.71 Å². The first kappa shape index (κ1) is 33.8. The second-order valence-electron chi connectivity index (χ2n) is 16.2. The maximum Gasteiger partial charge on any atom is 0 e. The van der Waals surface area contributed by atoms with Crippen LogP contribution in [0.2, 0.25) is 0 Å². The molecule has 0 aromatic heterocycles. The molecule has 6 rings (SSSR count). The summed E-state index contributed by atoms with van der Waals surface area (Å²) in [5.41, 5.74) is 5.97. The van der Waals surface area contributed by atoms with Gasteiger partial charge < -0.3 is 0 Å². The van der Waals surface area contributed by atoms with Gasteiger partial charge in [0.2, 0.25) is 0 Å². The predicted octanol–water partition coefficient (Wildman–Crippen LogP) is 14.7. The summed E-state index contributed by atoms with van der Waals surface area (Å²) in [5, 5.41) is 0. The fourth-order valence-corrected chi connectivity index (χ4v) is 10.2. The number of benzene rings is 2. The highest BCUT2D eigenvalue weighted by atomic mass is 14.4. The Hall–Kier alpha value is -1.56. The molecule has 4 saturated carbocycles. The van der Waals surface area contributed by atoms with E-state index in [2.05, 4.69) is 76.2 Å². The summed E-state index contributed by atoms with van der Waals surface area (Å²) in [4.78, 5) is 0. The summed E-state index contributed by atoms with van der Waals surface area (Å²) in [7, 11) is 0. The van der Waals surface area contributed by atoms with Gasteiger partial charge in [-0.05, 0) is 149 Å². The first-order valence-corrected chi connectivity index (χ1v) is 19.6. The standard InChI is InChI=1S/2C22H34.4H2/c2*1-3-4-18-7-11-20(12-8-18)22-15-13-21(14-16-22)19-9-5-17(2)6-10-19;;;;/h2*5-6,9-10,18,20-22H,3-4,7-8,11-16H2,1-2H3;4*1H. The predicted molar refractivity (Wildman–Crippen MR) is 201 cm³/mol. The summed E-state index contributed by atoms with van der Waals surface area (Å²) in [6.45, 7) is 9.07. The summed E-state index contributed by atoms with van der Waals surface area (Å²) in [5.74, 6) is 8.02. The Labute approximate surface area is 279 Å². The van der Waals surface area contributed by atoms with Gasteiger partial charge in [0.25, 0.3) is 0 Å². The van der Waals surface area contributed by atoms with E-state index in [1.54, 1.807) is 11.1 Å². The van der Waals surface area contributed by atoms with Crippen LogP contribution in [0.3, 0.4) is 0 Å². The minimum absolute atomic E-state index is 0. The third-order valence-corrected chi connectivity index (χ3v) is 13.2. The number of rotatable bonds is 8. The molecule has 0 spiro atoms. The van der Waals surface area contributed by atoms with Gasteiger partial charge >= 0.3 is 0 Å². The molecule has 0 unspecified atom stereocenters. The summed E-state index contributed by atoms with van der Waals surface area (Å²) in [6.07, 6.45) is 29.6. The molecule has 0 bridgehead atoms. The maximum absolute atomic E-state index is 2.37. The zero-order valence-corrected chi connectivity index (χ0v) is 29.4. The van der Waals surface area contributed by atoms with Gasteiger partial charge in [0.1, 0.15) is 0 Å². The molecule has 4 aliphatic carbocycles. The number of hydrogen-bond acceptors (Lipinski definition) is 0. The molecule has 2 aromatic carbocycles. The van der Waals surface area contributed by atoms with Crippen molar-refractivity contribution in [3.63, 3.8) is 0 Å². The van der Waals surface area contributed by atoms with E-state index in [0.29, 0.717) is 0 Å². The lowest BCUT2D eigenvalue weighted by atomic mass is 9.68. The molecular weight excluding hydrogens is 528 g/mol. The van der Waals surface area contributed by atoms with Crippen LogP contribution < -0.4 is 0 Å². The molecular formula is C44H76. The molecule has 0 heterocycles. The van der Waals surface area contributed by atoms with Crippen molar-refractivity contribution >= 4 is 0 Å². The first-order chi connectivity index (χ1) is 21.5. The van der Waals surface area contributed by atoms with Gasteiger partial charge in [-0.1, -0.05) is 125 Å². The Morgan fingerprint density at radius 2 is 0.682 bits per heavy atom. The van der Waals surface area contributed by atoms with Crippen LogP contribution in [0.5, 0.6) is 0 Å². The van der Waals surface area contributed by atoms with E-state index in [1.165, 1.54) is 140 Å². The van der Waals surface area contributed by atoms with Gasteiger partial charge in [0.05, 0.1) is 0 Å². The van der Waals surface area contributed by atoms with Crippen molar-refractivity contribution in [1.29, 1.82) is 0 Å². The SMILES string of the molecule is CCCC1CCC(C2CCC(c3ccc(C)cc3)CC2)CC1.CCCC1CCC(C2CCC(c3ccc(C)cc3)CC2)CC1.[HH].[HH].[HH].[HH]. The molecule has 0 nitrogen and oxygen atoms in total. The van der Waals surface area contributed by atoms with Crippen LogP contribution in [0, 0.1) is 49.4 Å². The molecule has 4 aliphatic rings. The molecule has 0 heteroatoms. The molecule has 0 amide bonds. The molecule has 2 aromatic rings. The van der Waals surface area contributed by atoms with E-state index in [1.807, 2.05) is 0 Å². The molecule has 44 heavy (non-hydrogen) atoms. The van der Waals surface area contributed by atoms with Crippen molar-refractivity contribution in [2.45, 2.75) is 168 Å². The average molecular weight is 605 g/mol. The highest BCUT2D eigenvalue weighted by Gasteiger charge is 2.32. The molecule has 252 valence electrons. The minimum Gasteiger partial charge on any atom is -0.0654 e. The molecule has 0 N–H and O–H groups in total. The monoisotopic (exact) mass is 605 g/mol. The summed E-state index contributed by atoms with van der Waals surface area (Å²) < 4.78 is 0. The molecule has 0 atom stereocenters. The number of hydrogen-bond donors (Lipinski definition) is 0. The van der Waals surface area contributed by atoms with Crippen LogP contribution in [0.4, 0.5) is 0 Å². The lowest BCUT2D eigenvalue weighted by Gasteiger charge is -2.38. The first-order valence-electron chi connectivity index (χ1n) is 19.6. The Balaban J connectivity index is 0.000000443. The average Bonchev–Trinajstić information content (AvgIpc) is 3.07. The fraction of sp³-hybridized carbons (Fsp3) is 0.727. The normalized spacial score (nSPS) is 32.8. The van der Waals surface area contributed by atoms with Crippen LogP contribution >= 0.6 is 0 Å². The van der Waals surface area contributed by atoms with E-state index in [-0.39, 0.29) is 5.71 Å². The van der Waals surface area contributed by atoms with E-state index in [4.69, 9.17) is 0 Å². The van der Waals surface area contributed by atoms with E-state index < -0.39 is 0 Å². The van der Waals surface area contributed by atoms with Crippen molar-refractivity contribution in [2.24, 2.45) is 35.5 Å². The molecule has 4 fully saturated rings. The second kappa shape index (κ2) is 17.4. The Bertz CT molecular complexity index is 963. The van der Waals surface area contributed by atoms with E-state index >= 15 is 0 Å². The third-order valence-electron chi connectivity index (χ3n) is 13.2. The Kier molecular flexibility index (Phi) is 13.4. The molecule has 0 radical (unpaired) electrons. The van der Waals surface area contributed by atoms with Gasteiger partial charge in [-0.25, -0.2) is 0 Å². The zero-order valence-electron chi connectivity index (χ0n) is 29.4. The smallest absolute Gasteiger partial charge is 0 e. The molecule has 0 saturated heterocycles. The zero-order chi connectivity index (χ0) is 30.7. The van der Waals surface area contributed by atoms with E-state index in [9.17, 15) is 0 Å². The van der Waals surface area contributed by atoms with Crippen molar-refractivity contribution in [2.75, 3.05) is 0 Å². The van der Waals surface area contributed by atoms with Crippen molar-refractivity contribution < 1.29 is 5.71 Å². The summed E-state index contributed by atoms with van der Waals surface area (Å²) in [6, 6.07) is 18.6. The van der Waals surface area contributed by atoms with Crippen molar-refractivity contribution in [3.05, 3.63) is 70.8 Å². The molecule has 0 aliphatic heterocycles. The second-order valence-corrected chi connectivity index (χ2v) is 16.2. The van der Waals surface area contributed by atoms with Gasteiger partial charge in [-0.15, -0.1) is 0 Å². The van der Waals surface area contributed by atoms with Gasteiger partial charge in [0.15, 0.2) is 0 Å². The van der Waals surface area contributed by atoms with Crippen LogP contribution in [0.15, 0.2) is 48.5 Å². The number of aryl methyl sites for hydroxylation is 2. The Morgan fingerprint density at radius 1 is 0.409 bits per heavy atom. The lowest BCUT2D eigenvalue weighted by molar-refractivity contribution is 0.156.